The van der Waals surface area contributed by atoms with Crippen molar-refractivity contribution in [2.24, 2.45) is 5.92 Å². The molecule has 2 unspecified atom stereocenters. The molecule has 19 heavy (non-hydrogen) atoms. The summed E-state index contributed by atoms with van der Waals surface area (Å²) >= 11 is 5.86. The highest BCUT2D eigenvalue weighted by atomic mass is 35.5. The standard InChI is InChI=1S/C15H16ClNO2/c1-9-5-10(2)7-12(6-9)17-15(19)13-8-11(16)3-4-14(13)18/h3-8,13-14,18H,1-2H3,(H,17,19). The van der Waals surface area contributed by atoms with Crippen molar-refractivity contribution in [3.63, 3.8) is 0 Å². The lowest BCUT2D eigenvalue weighted by Gasteiger charge is -2.20. The van der Waals surface area contributed by atoms with Crippen molar-refractivity contribution in [2.75, 3.05) is 5.32 Å². The first-order valence-electron chi connectivity index (χ1n) is 6.08. The molecule has 100 valence electrons. The summed E-state index contributed by atoms with van der Waals surface area (Å²) in [7, 11) is 0. The molecular formula is C15H16ClNO2. The van der Waals surface area contributed by atoms with Gasteiger partial charge >= 0.3 is 0 Å². The van der Waals surface area contributed by atoms with Crippen molar-refractivity contribution in [3.8, 4) is 0 Å². The second kappa shape index (κ2) is 5.59. The van der Waals surface area contributed by atoms with Gasteiger partial charge in [-0.15, -0.1) is 0 Å². The van der Waals surface area contributed by atoms with Crippen LogP contribution in [0.2, 0.25) is 0 Å². The van der Waals surface area contributed by atoms with Gasteiger partial charge in [-0.2, -0.15) is 0 Å². The number of allylic oxidation sites excluding steroid dienone is 2. The third-order valence-corrected chi connectivity index (χ3v) is 3.20. The van der Waals surface area contributed by atoms with Crippen LogP contribution in [0.15, 0.2) is 41.5 Å². The van der Waals surface area contributed by atoms with E-state index in [-0.39, 0.29) is 5.91 Å². The maximum Gasteiger partial charge on any atom is 0.234 e. The summed E-state index contributed by atoms with van der Waals surface area (Å²) in [6.45, 7) is 3.94. The zero-order valence-corrected chi connectivity index (χ0v) is 11.6. The fraction of sp³-hybridized carbons (Fsp3) is 0.267. The number of benzene rings is 1. The van der Waals surface area contributed by atoms with Crippen LogP contribution >= 0.6 is 11.6 Å². The quantitative estimate of drug-likeness (QED) is 0.873. The summed E-state index contributed by atoms with van der Waals surface area (Å²) in [5.74, 6) is -0.918. The molecular weight excluding hydrogens is 262 g/mol. The van der Waals surface area contributed by atoms with Crippen LogP contribution in [0.3, 0.4) is 0 Å². The Bertz CT molecular complexity index is 543. The average molecular weight is 278 g/mol. The molecule has 2 rings (SSSR count). The summed E-state index contributed by atoms with van der Waals surface area (Å²) in [6, 6.07) is 5.81. The van der Waals surface area contributed by atoms with Gasteiger partial charge in [0, 0.05) is 10.7 Å². The molecule has 1 aromatic rings. The maximum absolute atomic E-state index is 12.1. The van der Waals surface area contributed by atoms with Gasteiger partial charge < -0.3 is 10.4 Å². The SMILES string of the molecule is Cc1cc(C)cc(NC(=O)C2C=C(Cl)C=CC2O)c1. The minimum Gasteiger partial charge on any atom is -0.388 e. The summed E-state index contributed by atoms with van der Waals surface area (Å²) in [6.07, 6.45) is 3.83. The van der Waals surface area contributed by atoms with E-state index in [0.717, 1.165) is 16.8 Å². The summed E-state index contributed by atoms with van der Waals surface area (Å²) in [5, 5.41) is 13.1. The third kappa shape index (κ3) is 3.46. The first kappa shape index (κ1) is 13.8. The van der Waals surface area contributed by atoms with Crippen LogP contribution in [-0.2, 0) is 4.79 Å². The Morgan fingerprint density at radius 1 is 1.26 bits per heavy atom. The van der Waals surface area contributed by atoms with Crippen LogP contribution in [0, 0.1) is 19.8 Å². The Morgan fingerprint density at radius 2 is 1.89 bits per heavy atom. The highest BCUT2D eigenvalue weighted by molar-refractivity contribution is 6.31. The van der Waals surface area contributed by atoms with Gasteiger partial charge in [-0.25, -0.2) is 0 Å². The zero-order valence-electron chi connectivity index (χ0n) is 10.9. The molecule has 0 spiro atoms. The van der Waals surface area contributed by atoms with E-state index in [1.54, 1.807) is 12.2 Å². The van der Waals surface area contributed by atoms with Crippen LogP contribution in [0.1, 0.15) is 11.1 Å². The first-order valence-corrected chi connectivity index (χ1v) is 6.46. The number of halogens is 1. The van der Waals surface area contributed by atoms with Gasteiger partial charge in [0.15, 0.2) is 0 Å². The lowest BCUT2D eigenvalue weighted by atomic mass is 9.96. The fourth-order valence-electron chi connectivity index (χ4n) is 2.14. The number of hydrogen-bond donors (Lipinski definition) is 2. The topological polar surface area (TPSA) is 49.3 Å². The number of aliphatic hydroxyl groups is 1. The van der Waals surface area contributed by atoms with E-state index < -0.39 is 12.0 Å². The number of aliphatic hydroxyl groups excluding tert-OH is 1. The number of amides is 1. The van der Waals surface area contributed by atoms with Crippen molar-refractivity contribution in [3.05, 3.63) is 52.6 Å². The van der Waals surface area contributed by atoms with Crippen molar-refractivity contribution in [1.29, 1.82) is 0 Å². The van der Waals surface area contributed by atoms with Crippen molar-refractivity contribution >= 4 is 23.2 Å². The molecule has 0 saturated heterocycles. The van der Waals surface area contributed by atoms with Crippen LogP contribution in [0.5, 0.6) is 0 Å². The molecule has 1 aliphatic rings. The van der Waals surface area contributed by atoms with Gasteiger partial charge in [0.2, 0.25) is 5.91 Å². The Labute approximate surface area is 117 Å². The lowest BCUT2D eigenvalue weighted by molar-refractivity contribution is -0.120. The molecule has 1 aromatic carbocycles. The maximum atomic E-state index is 12.1. The molecule has 2 N–H and O–H groups in total. The number of nitrogens with one attached hydrogen (secondary N) is 1. The van der Waals surface area contributed by atoms with E-state index in [1.165, 1.54) is 6.08 Å². The molecule has 0 heterocycles. The molecule has 0 aliphatic heterocycles. The predicted molar refractivity (Wildman–Crippen MR) is 77.1 cm³/mol. The van der Waals surface area contributed by atoms with E-state index >= 15 is 0 Å². The van der Waals surface area contributed by atoms with Crippen molar-refractivity contribution < 1.29 is 9.90 Å². The summed E-state index contributed by atoms with van der Waals surface area (Å²) in [4.78, 5) is 12.1. The molecule has 3 nitrogen and oxygen atoms in total. The van der Waals surface area contributed by atoms with Gasteiger partial charge in [0.25, 0.3) is 0 Å². The van der Waals surface area contributed by atoms with Gasteiger partial charge in [-0.3, -0.25) is 4.79 Å². The van der Waals surface area contributed by atoms with E-state index in [1.807, 2.05) is 32.0 Å². The molecule has 4 heteroatoms. The number of aryl methyl sites for hydroxylation is 2. The number of rotatable bonds is 2. The second-order valence-corrected chi connectivity index (χ2v) is 5.23. The summed E-state index contributed by atoms with van der Waals surface area (Å²) in [5.41, 5.74) is 2.88. The number of anilines is 1. The predicted octanol–water partition coefficient (Wildman–Crippen LogP) is 2.91. The molecule has 0 fully saturated rings. The molecule has 0 bridgehead atoms. The Kier molecular flexibility index (Phi) is 4.08. The van der Waals surface area contributed by atoms with E-state index in [2.05, 4.69) is 5.32 Å². The Hall–Kier alpha value is -1.58. The number of carbonyl (C=O) groups is 1. The minimum absolute atomic E-state index is 0.264. The average Bonchev–Trinajstić information content (AvgIpc) is 2.30. The molecule has 0 aromatic heterocycles. The van der Waals surface area contributed by atoms with Crippen molar-refractivity contribution in [1.82, 2.24) is 0 Å². The molecule has 2 atom stereocenters. The van der Waals surface area contributed by atoms with E-state index in [4.69, 9.17) is 11.6 Å². The fourth-order valence-corrected chi connectivity index (χ4v) is 2.35. The Balaban J connectivity index is 2.15. The molecule has 1 aliphatic carbocycles. The molecule has 0 radical (unpaired) electrons. The number of hydrogen-bond acceptors (Lipinski definition) is 2. The first-order chi connectivity index (χ1) is 8.95. The third-order valence-electron chi connectivity index (χ3n) is 2.95. The van der Waals surface area contributed by atoms with Gasteiger partial charge in [0.05, 0.1) is 12.0 Å². The van der Waals surface area contributed by atoms with Gasteiger partial charge in [0.1, 0.15) is 0 Å². The van der Waals surface area contributed by atoms with E-state index in [9.17, 15) is 9.90 Å². The van der Waals surface area contributed by atoms with E-state index in [0.29, 0.717) is 5.03 Å². The molecule has 1 amide bonds. The zero-order chi connectivity index (χ0) is 14.0. The van der Waals surface area contributed by atoms with Gasteiger partial charge in [-0.05, 0) is 43.2 Å². The van der Waals surface area contributed by atoms with Crippen molar-refractivity contribution in [2.45, 2.75) is 20.0 Å². The monoisotopic (exact) mass is 277 g/mol. The van der Waals surface area contributed by atoms with Crippen LogP contribution in [-0.4, -0.2) is 17.1 Å². The van der Waals surface area contributed by atoms with Crippen LogP contribution < -0.4 is 5.32 Å². The van der Waals surface area contributed by atoms with Crippen LogP contribution in [0.25, 0.3) is 0 Å². The molecule has 0 saturated carbocycles. The second-order valence-electron chi connectivity index (χ2n) is 4.79. The summed E-state index contributed by atoms with van der Waals surface area (Å²) < 4.78 is 0. The largest absolute Gasteiger partial charge is 0.388 e. The highest BCUT2D eigenvalue weighted by Crippen LogP contribution is 2.22. The van der Waals surface area contributed by atoms with Gasteiger partial charge in [-0.1, -0.05) is 29.8 Å². The Morgan fingerprint density at radius 3 is 2.53 bits per heavy atom. The smallest absolute Gasteiger partial charge is 0.234 e. The minimum atomic E-state index is -0.839. The lowest BCUT2D eigenvalue weighted by Crippen LogP contribution is -2.31. The van der Waals surface area contributed by atoms with Crippen LogP contribution in [0.4, 0.5) is 5.69 Å². The number of carbonyl (C=O) groups excluding carboxylic acids is 1. The normalized spacial score (nSPS) is 22.0. The highest BCUT2D eigenvalue weighted by Gasteiger charge is 2.25.